The predicted octanol–water partition coefficient (Wildman–Crippen LogP) is 4.65. The molecule has 0 spiro atoms. The minimum absolute atomic E-state index is 0.00403. The molecular weight excluding hydrogens is 517 g/mol. The Labute approximate surface area is 192 Å². The molecule has 168 valence electrons. The van der Waals surface area contributed by atoms with Gasteiger partial charge in [-0.05, 0) is 54.6 Å². The van der Waals surface area contributed by atoms with Gasteiger partial charge in [-0.25, -0.2) is 13.2 Å². The lowest BCUT2D eigenvalue weighted by atomic mass is 10.2. The van der Waals surface area contributed by atoms with Gasteiger partial charge < -0.3 is 15.2 Å². The minimum Gasteiger partial charge on any atom is -0.504 e. The second-order valence-corrected chi connectivity index (χ2v) is 8.16. The summed E-state index contributed by atoms with van der Waals surface area (Å²) in [6, 6.07) is 4.28. The van der Waals surface area contributed by atoms with Gasteiger partial charge in [-0.3, -0.25) is 19.3 Å². The number of phenols is 1. The maximum absolute atomic E-state index is 13.7. The van der Waals surface area contributed by atoms with Crippen LogP contribution in [0.25, 0.3) is 6.08 Å². The molecule has 32 heavy (non-hydrogen) atoms. The van der Waals surface area contributed by atoms with Crippen molar-refractivity contribution in [2.45, 2.75) is 6.92 Å². The van der Waals surface area contributed by atoms with Crippen LogP contribution in [0.5, 0.6) is 11.5 Å². The number of phenolic OH excluding ortho intramolecular Hbond substituents is 1. The number of carbonyl (C=O) groups excluding carboxylic acids is 3. The molecule has 1 aliphatic rings. The van der Waals surface area contributed by atoms with Crippen LogP contribution in [0.15, 0.2) is 33.6 Å². The molecule has 1 saturated heterocycles. The molecule has 0 aromatic heterocycles. The van der Waals surface area contributed by atoms with E-state index in [2.05, 4.69) is 15.9 Å². The van der Waals surface area contributed by atoms with E-state index >= 15 is 0 Å². The number of benzene rings is 2. The Bertz CT molecular complexity index is 1160. The number of aromatic hydroxyl groups is 1. The van der Waals surface area contributed by atoms with Gasteiger partial charge in [0.25, 0.3) is 11.1 Å². The van der Waals surface area contributed by atoms with E-state index in [1.54, 1.807) is 6.92 Å². The summed E-state index contributed by atoms with van der Waals surface area (Å²) < 4.78 is 45.8. The van der Waals surface area contributed by atoms with Crippen LogP contribution < -0.4 is 10.1 Å². The maximum atomic E-state index is 13.7. The molecule has 2 N–H and O–H groups in total. The summed E-state index contributed by atoms with van der Waals surface area (Å²) in [7, 11) is 0. The van der Waals surface area contributed by atoms with Gasteiger partial charge >= 0.3 is 0 Å². The van der Waals surface area contributed by atoms with Crippen LogP contribution in [0.2, 0.25) is 0 Å². The maximum Gasteiger partial charge on any atom is 0.294 e. The Kier molecular flexibility index (Phi) is 7.14. The Morgan fingerprint density at radius 2 is 1.97 bits per heavy atom. The van der Waals surface area contributed by atoms with Gasteiger partial charge in [0, 0.05) is 4.47 Å². The first-order chi connectivity index (χ1) is 15.1. The number of hydrogen-bond donors (Lipinski definition) is 2. The second-order valence-electron chi connectivity index (χ2n) is 6.31. The van der Waals surface area contributed by atoms with Crippen molar-refractivity contribution in [1.82, 2.24) is 4.90 Å². The molecule has 2 aromatic carbocycles. The van der Waals surface area contributed by atoms with Crippen LogP contribution in [-0.2, 0) is 9.59 Å². The second kappa shape index (κ2) is 9.65. The first kappa shape index (κ1) is 23.7. The average Bonchev–Trinajstić information content (AvgIpc) is 2.99. The fourth-order valence-corrected chi connectivity index (χ4v) is 3.95. The third-order valence-corrected chi connectivity index (χ3v) is 5.74. The summed E-state index contributed by atoms with van der Waals surface area (Å²) in [6.45, 7) is 1.25. The topological polar surface area (TPSA) is 95.9 Å². The lowest BCUT2D eigenvalue weighted by molar-refractivity contribution is -0.127. The number of nitrogens with one attached hydrogen (secondary N) is 1. The fraction of sp³-hybridized carbons (Fsp3) is 0.150. The summed E-state index contributed by atoms with van der Waals surface area (Å²) >= 11 is 3.82. The zero-order chi connectivity index (χ0) is 23.6. The van der Waals surface area contributed by atoms with Gasteiger partial charge in [0.15, 0.2) is 29.0 Å². The average molecular weight is 531 g/mol. The number of ether oxygens (including phenoxy) is 1. The lowest BCUT2D eigenvalue weighted by Crippen LogP contribution is -2.36. The zero-order valence-electron chi connectivity index (χ0n) is 16.2. The number of anilines is 1. The molecule has 0 bridgehead atoms. The van der Waals surface area contributed by atoms with Crippen LogP contribution in [-0.4, -0.2) is 40.2 Å². The Hall–Kier alpha value is -2.99. The van der Waals surface area contributed by atoms with Crippen molar-refractivity contribution in [3.8, 4) is 11.5 Å². The number of imide groups is 1. The molecule has 12 heteroatoms. The molecule has 2 aromatic rings. The normalized spacial score (nSPS) is 14.9. The summed E-state index contributed by atoms with van der Waals surface area (Å²) in [6.07, 6.45) is 1.38. The third-order valence-electron chi connectivity index (χ3n) is 4.15. The first-order valence-electron chi connectivity index (χ1n) is 8.96. The third kappa shape index (κ3) is 4.91. The van der Waals surface area contributed by atoms with Crippen molar-refractivity contribution < 1.29 is 37.4 Å². The molecule has 1 heterocycles. The standard InChI is InChI=1S/C20H14BrF3N2O5S/c1-2-31-14-5-9(10(21)7-13(14)27)6-15-19(29)26(20(30)32-15)8-16(28)25-12-4-3-11(22)17(23)18(12)24/h3-7,27H,2,8H2,1H3,(H,25,28)/b15-6+. The molecular formula is C20H14BrF3N2O5S. The number of amides is 3. The van der Waals surface area contributed by atoms with Crippen molar-refractivity contribution in [2.75, 3.05) is 18.5 Å². The summed E-state index contributed by atoms with van der Waals surface area (Å²) in [5.74, 6) is -6.50. The van der Waals surface area contributed by atoms with Crippen molar-refractivity contribution in [2.24, 2.45) is 0 Å². The lowest BCUT2D eigenvalue weighted by Gasteiger charge is -2.13. The monoisotopic (exact) mass is 530 g/mol. The molecule has 1 fully saturated rings. The van der Waals surface area contributed by atoms with Gasteiger partial charge in [-0.2, -0.15) is 0 Å². The van der Waals surface area contributed by atoms with E-state index in [1.165, 1.54) is 18.2 Å². The number of rotatable bonds is 6. The molecule has 3 rings (SSSR count). The number of halogens is 4. The Morgan fingerprint density at radius 3 is 2.66 bits per heavy atom. The van der Waals surface area contributed by atoms with E-state index in [1.807, 2.05) is 5.32 Å². The predicted molar refractivity (Wildman–Crippen MR) is 115 cm³/mol. The SMILES string of the molecule is CCOc1cc(/C=C2/SC(=O)N(CC(=O)Nc3ccc(F)c(F)c3F)C2=O)c(Br)cc1O. The highest BCUT2D eigenvalue weighted by molar-refractivity contribution is 9.10. The Balaban J connectivity index is 1.77. The smallest absolute Gasteiger partial charge is 0.294 e. The molecule has 1 aliphatic heterocycles. The van der Waals surface area contributed by atoms with E-state index in [0.717, 1.165) is 6.07 Å². The highest BCUT2D eigenvalue weighted by Gasteiger charge is 2.36. The molecule has 0 radical (unpaired) electrons. The number of thioether (sulfide) groups is 1. The number of carbonyl (C=O) groups is 3. The molecule has 0 aliphatic carbocycles. The quantitative estimate of drug-likeness (QED) is 0.417. The van der Waals surface area contributed by atoms with Crippen LogP contribution in [0.1, 0.15) is 12.5 Å². The molecule has 7 nitrogen and oxygen atoms in total. The van der Waals surface area contributed by atoms with Gasteiger partial charge in [0.1, 0.15) is 6.54 Å². The van der Waals surface area contributed by atoms with Gasteiger partial charge in [0.2, 0.25) is 5.91 Å². The highest BCUT2D eigenvalue weighted by Crippen LogP contribution is 2.37. The van der Waals surface area contributed by atoms with Crippen molar-refractivity contribution in [3.63, 3.8) is 0 Å². The largest absolute Gasteiger partial charge is 0.504 e. The summed E-state index contributed by atoms with van der Waals surface area (Å²) in [5.41, 5.74) is -0.196. The Morgan fingerprint density at radius 1 is 1.25 bits per heavy atom. The van der Waals surface area contributed by atoms with E-state index < -0.39 is 46.7 Å². The fourth-order valence-electron chi connectivity index (χ4n) is 2.67. The van der Waals surface area contributed by atoms with Gasteiger partial charge in [-0.15, -0.1) is 0 Å². The van der Waals surface area contributed by atoms with Crippen LogP contribution in [0, 0.1) is 17.5 Å². The zero-order valence-corrected chi connectivity index (χ0v) is 18.7. The van der Waals surface area contributed by atoms with Gasteiger partial charge in [0.05, 0.1) is 17.2 Å². The minimum atomic E-state index is -1.76. The molecule has 3 amide bonds. The van der Waals surface area contributed by atoms with Crippen LogP contribution in [0.3, 0.4) is 0 Å². The van der Waals surface area contributed by atoms with Crippen molar-refractivity contribution >= 4 is 56.5 Å². The number of hydrogen-bond acceptors (Lipinski definition) is 6. The van der Waals surface area contributed by atoms with Crippen LogP contribution in [0.4, 0.5) is 23.7 Å². The van der Waals surface area contributed by atoms with Crippen LogP contribution >= 0.6 is 27.7 Å². The van der Waals surface area contributed by atoms with Crippen molar-refractivity contribution in [3.05, 3.63) is 56.7 Å². The molecule has 0 atom stereocenters. The molecule has 0 saturated carbocycles. The first-order valence-corrected chi connectivity index (χ1v) is 10.6. The highest BCUT2D eigenvalue weighted by atomic mass is 79.9. The number of nitrogens with zero attached hydrogens (tertiary/aromatic N) is 1. The summed E-state index contributed by atoms with van der Waals surface area (Å²) in [5, 5.41) is 11.1. The van der Waals surface area contributed by atoms with Gasteiger partial charge in [-0.1, -0.05) is 15.9 Å². The van der Waals surface area contributed by atoms with E-state index in [4.69, 9.17) is 4.74 Å². The summed E-state index contributed by atoms with van der Waals surface area (Å²) in [4.78, 5) is 37.6. The van der Waals surface area contributed by atoms with Crippen molar-refractivity contribution in [1.29, 1.82) is 0 Å². The van der Waals surface area contributed by atoms with E-state index in [-0.39, 0.29) is 16.4 Å². The van der Waals surface area contributed by atoms with E-state index in [9.17, 15) is 32.7 Å². The van der Waals surface area contributed by atoms with E-state index in [0.29, 0.717) is 39.4 Å². The molecule has 0 unspecified atom stereocenters.